The van der Waals surface area contributed by atoms with E-state index in [2.05, 4.69) is 15.3 Å². The average molecular weight is 328 g/mol. The third kappa shape index (κ3) is 2.57. The smallest absolute Gasteiger partial charge is 0.146 e. The van der Waals surface area contributed by atoms with Crippen LogP contribution < -0.4 is 5.32 Å². The van der Waals surface area contributed by atoms with E-state index in [0.717, 1.165) is 10.4 Å². The Morgan fingerprint density at radius 2 is 2.20 bits per heavy atom. The van der Waals surface area contributed by atoms with Crippen molar-refractivity contribution >= 4 is 50.4 Å². The van der Waals surface area contributed by atoms with Gasteiger partial charge in [-0.2, -0.15) is 0 Å². The molecule has 1 N–H and O–H groups in total. The minimum absolute atomic E-state index is 0.333. The second-order valence-corrected chi connectivity index (χ2v) is 5.75. The van der Waals surface area contributed by atoms with Crippen molar-refractivity contribution in [3.8, 4) is 0 Å². The number of nitrogens with zero attached hydrogens (tertiary/aromatic N) is 2. The number of rotatable bonds is 3. The van der Waals surface area contributed by atoms with E-state index in [1.165, 1.54) is 17.5 Å². The van der Waals surface area contributed by atoms with E-state index in [4.69, 9.17) is 23.2 Å². The van der Waals surface area contributed by atoms with Crippen LogP contribution in [0.1, 0.15) is 5.56 Å². The van der Waals surface area contributed by atoms with Gasteiger partial charge in [0.15, 0.2) is 0 Å². The number of pyridine rings is 2. The van der Waals surface area contributed by atoms with Crippen molar-refractivity contribution in [2.24, 2.45) is 0 Å². The van der Waals surface area contributed by atoms with Crippen molar-refractivity contribution < 1.29 is 4.39 Å². The highest BCUT2D eigenvalue weighted by atomic mass is 35.5. The Balaban J connectivity index is 1.93. The third-order valence-electron chi connectivity index (χ3n) is 2.77. The normalized spacial score (nSPS) is 10.9. The Morgan fingerprint density at radius 1 is 1.35 bits per heavy atom. The second kappa shape index (κ2) is 5.52. The van der Waals surface area contributed by atoms with Gasteiger partial charge < -0.3 is 5.32 Å². The van der Waals surface area contributed by atoms with Gasteiger partial charge in [-0.25, -0.2) is 9.37 Å². The van der Waals surface area contributed by atoms with Crippen LogP contribution in [0.5, 0.6) is 0 Å². The zero-order chi connectivity index (χ0) is 14.1. The van der Waals surface area contributed by atoms with Crippen molar-refractivity contribution in [3.05, 3.63) is 51.5 Å². The maximum absolute atomic E-state index is 13.5. The number of nitrogens with one attached hydrogen (secondary N) is 1. The lowest BCUT2D eigenvalue weighted by Gasteiger charge is -2.08. The predicted molar refractivity (Wildman–Crippen MR) is 81.2 cm³/mol. The van der Waals surface area contributed by atoms with Crippen molar-refractivity contribution in [3.63, 3.8) is 0 Å². The molecule has 102 valence electrons. The van der Waals surface area contributed by atoms with Crippen LogP contribution in [0.25, 0.3) is 10.2 Å². The second-order valence-electron chi connectivity index (χ2n) is 4.07. The van der Waals surface area contributed by atoms with E-state index < -0.39 is 0 Å². The van der Waals surface area contributed by atoms with Crippen LogP contribution in [0.15, 0.2) is 29.9 Å². The molecular formula is C13H8Cl2FN3S. The summed E-state index contributed by atoms with van der Waals surface area (Å²) in [6.07, 6.45) is 2.74. The van der Waals surface area contributed by atoms with Gasteiger partial charge in [-0.1, -0.05) is 23.2 Å². The van der Waals surface area contributed by atoms with Gasteiger partial charge in [-0.15, -0.1) is 11.3 Å². The summed E-state index contributed by atoms with van der Waals surface area (Å²) in [4.78, 5) is 7.91. The average Bonchev–Trinajstić information content (AvgIpc) is 2.79. The summed E-state index contributed by atoms with van der Waals surface area (Å²) >= 11 is 13.5. The van der Waals surface area contributed by atoms with Gasteiger partial charge in [0.2, 0.25) is 0 Å². The van der Waals surface area contributed by atoms with Gasteiger partial charge in [-0.05, 0) is 6.07 Å². The topological polar surface area (TPSA) is 37.8 Å². The summed E-state index contributed by atoms with van der Waals surface area (Å²) in [6.45, 7) is 0.333. The Labute approximate surface area is 128 Å². The first-order chi connectivity index (χ1) is 9.65. The highest BCUT2D eigenvalue weighted by Gasteiger charge is 2.11. The molecule has 3 rings (SSSR count). The molecule has 0 saturated heterocycles. The minimum atomic E-state index is -0.347. The van der Waals surface area contributed by atoms with Crippen molar-refractivity contribution in [1.82, 2.24) is 9.97 Å². The van der Waals surface area contributed by atoms with Gasteiger partial charge in [0.05, 0.1) is 21.6 Å². The number of hydrogen-bond donors (Lipinski definition) is 1. The van der Waals surface area contributed by atoms with Gasteiger partial charge >= 0.3 is 0 Å². The van der Waals surface area contributed by atoms with Gasteiger partial charge in [0.25, 0.3) is 0 Å². The Hall–Kier alpha value is -1.43. The molecule has 20 heavy (non-hydrogen) atoms. The van der Waals surface area contributed by atoms with Crippen LogP contribution >= 0.6 is 34.5 Å². The van der Waals surface area contributed by atoms with Gasteiger partial charge in [-0.3, -0.25) is 4.98 Å². The molecule has 0 spiro atoms. The number of fused-ring (bicyclic) bond motifs is 1. The molecular weight excluding hydrogens is 320 g/mol. The molecule has 0 saturated carbocycles. The lowest BCUT2D eigenvalue weighted by Crippen LogP contribution is -2.02. The van der Waals surface area contributed by atoms with Gasteiger partial charge in [0, 0.05) is 29.8 Å². The van der Waals surface area contributed by atoms with Crippen LogP contribution in [0.4, 0.5) is 10.1 Å². The molecule has 0 aliphatic heterocycles. The van der Waals surface area contributed by atoms with Crippen LogP contribution in [0.3, 0.4) is 0 Å². The van der Waals surface area contributed by atoms with Crippen molar-refractivity contribution in [2.45, 2.75) is 6.54 Å². The zero-order valence-corrected chi connectivity index (χ0v) is 12.4. The first kappa shape index (κ1) is 13.5. The summed E-state index contributed by atoms with van der Waals surface area (Å²) in [5, 5.41) is 5.86. The summed E-state index contributed by atoms with van der Waals surface area (Å²) in [7, 11) is 0. The first-order valence-corrected chi connectivity index (χ1v) is 7.34. The highest BCUT2D eigenvalue weighted by Crippen LogP contribution is 2.35. The Bertz CT molecular complexity index is 775. The molecule has 3 heterocycles. The largest absolute Gasteiger partial charge is 0.380 e. The molecule has 0 unspecified atom stereocenters. The van der Waals surface area contributed by atoms with E-state index in [-0.39, 0.29) is 5.82 Å². The maximum Gasteiger partial charge on any atom is 0.146 e. The van der Waals surface area contributed by atoms with E-state index in [0.29, 0.717) is 27.8 Å². The Kier molecular flexibility index (Phi) is 3.74. The van der Waals surface area contributed by atoms with Crippen LogP contribution in [-0.4, -0.2) is 9.97 Å². The predicted octanol–water partition coefficient (Wildman–Crippen LogP) is 4.75. The number of anilines is 1. The fraction of sp³-hybridized carbons (Fsp3) is 0.0769. The summed E-state index contributed by atoms with van der Waals surface area (Å²) in [6, 6.07) is 3.33. The van der Waals surface area contributed by atoms with Crippen LogP contribution in [0, 0.1) is 5.82 Å². The molecule has 0 fully saturated rings. The molecule has 0 aromatic carbocycles. The molecule has 7 heteroatoms. The summed E-state index contributed by atoms with van der Waals surface area (Å²) < 4.78 is 14.4. The zero-order valence-electron chi connectivity index (χ0n) is 10.0. The summed E-state index contributed by atoms with van der Waals surface area (Å²) in [5.41, 5.74) is 1.97. The van der Waals surface area contributed by atoms with Crippen LogP contribution in [0.2, 0.25) is 10.2 Å². The van der Waals surface area contributed by atoms with E-state index in [9.17, 15) is 4.39 Å². The quantitative estimate of drug-likeness (QED) is 0.705. The van der Waals surface area contributed by atoms with Crippen molar-refractivity contribution in [1.29, 1.82) is 0 Å². The molecule has 0 atom stereocenters. The fourth-order valence-electron chi connectivity index (χ4n) is 1.82. The SMILES string of the molecule is Fc1cnccc1CNc1cc(Cl)nc2c(Cl)csc12. The third-order valence-corrected chi connectivity index (χ3v) is 4.39. The van der Waals surface area contributed by atoms with Gasteiger partial charge in [0.1, 0.15) is 16.5 Å². The molecule has 3 aromatic rings. The van der Waals surface area contributed by atoms with E-state index in [1.807, 2.05) is 0 Å². The molecule has 3 aromatic heterocycles. The summed E-state index contributed by atoms with van der Waals surface area (Å²) in [5.74, 6) is -0.347. The number of thiophene rings is 1. The lowest BCUT2D eigenvalue weighted by atomic mass is 10.2. The molecule has 0 radical (unpaired) electrons. The number of aromatic nitrogens is 2. The Morgan fingerprint density at radius 3 is 3.00 bits per heavy atom. The van der Waals surface area contributed by atoms with Crippen molar-refractivity contribution in [2.75, 3.05) is 5.32 Å². The maximum atomic E-state index is 13.5. The van der Waals surface area contributed by atoms with Crippen LogP contribution in [-0.2, 0) is 6.54 Å². The fourth-order valence-corrected chi connectivity index (χ4v) is 3.20. The monoisotopic (exact) mass is 327 g/mol. The number of halogens is 3. The highest BCUT2D eigenvalue weighted by molar-refractivity contribution is 7.18. The molecule has 0 aliphatic rings. The first-order valence-electron chi connectivity index (χ1n) is 5.70. The van der Waals surface area contributed by atoms with E-state index >= 15 is 0 Å². The molecule has 3 nitrogen and oxygen atoms in total. The van der Waals surface area contributed by atoms with E-state index in [1.54, 1.807) is 23.7 Å². The number of hydrogen-bond acceptors (Lipinski definition) is 4. The molecule has 0 aliphatic carbocycles. The molecule has 0 bridgehead atoms. The lowest BCUT2D eigenvalue weighted by molar-refractivity contribution is 0.606. The minimum Gasteiger partial charge on any atom is -0.380 e. The standard InChI is InChI=1S/C13H8Cl2FN3S/c14-8-6-20-13-10(3-11(15)19-12(8)13)18-4-7-1-2-17-5-9(7)16/h1-3,5-6H,4H2,(H,18,19). The molecule has 0 amide bonds.